The molecule has 0 radical (unpaired) electrons. The van der Waals surface area contributed by atoms with E-state index in [0.29, 0.717) is 6.54 Å². The summed E-state index contributed by atoms with van der Waals surface area (Å²) < 4.78 is 0. The van der Waals surface area contributed by atoms with E-state index in [1.807, 2.05) is 17.8 Å². The van der Waals surface area contributed by atoms with Gasteiger partial charge in [0.15, 0.2) is 0 Å². The van der Waals surface area contributed by atoms with Crippen molar-refractivity contribution in [1.82, 2.24) is 5.32 Å². The lowest BCUT2D eigenvalue weighted by atomic mass is 10.2. The molecular formula is C20H24N2OS. The molecule has 4 heteroatoms. The molecule has 1 aliphatic rings. The number of hydrogen-bond acceptors (Lipinski definition) is 3. The molecule has 0 spiro atoms. The van der Waals surface area contributed by atoms with Crippen LogP contribution in [0.1, 0.15) is 16.7 Å². The first-order valence-electron chi connectivity index (χ1n) is 8.45. The first-order valence-corrected chi connectivity index (χ1v) is 9.61. The minimum absolute atomic E-state index is 0.114. The molecule has 1 heterocycles. The lowest BCUT2D eigenvalue weighted by Gasteiger charge is -2.18. The Morgan fingerprint density at radius 2 is 1.96 bits per heavy atom. The van der Waals surface area contributed by atoms with Crippen molar-refractivity contribution >= 4 is 23.4 Å². The number of para-hydroxylation sites is 1. The number of amides is 1. The van der Waals surface area contributed by atoms with Crippen molar-refractivity contribution in [3.8, 4) is 0 Å². The maximum Gasteiger partial charge on any atom is 0.239 e. The molecule has 1 aliphatic heterocycles. The molecule has 2 aromatic carbocycles. The smallest absolute Gasteiger partial charge is 0.239 e. The van der Waals surface area contributed by atoms with Gasteiger partial charge in [0.25, 0.3) is 0 Å². The molecule has 0 atom stereocenters. The standard InChI is InChI=1S/C20H24N2OS/c1-16-6-8-17(9-7-16)15-24-13-11-21-20(23)14-22-12-10-18-4-2-3-5-19(18)22/h2-9H,10-15H2,1H3,(H,21,23). The van der Waals surface area contributed by atoms with Gasteiger partial charge in [-0.3, -0.25) is 4.79 Å². The predicted octanol–water partition coefficient (Wildman–Crippen LogP) is 3.41. The number of nitrogens with zero attached hydrogens (tertiary/aromatic N) is 1. The van der Waals surface area contributed by atoms with Gasteiger partial charge in [-0.15, -0.1) is 0 Å². The highest BCUT2D eigenvalue weighted by molar-refractivity contribution is 7.98. The Labute approximate surface area is 148 Å². The minimum atomic E-state index is 0.114. The third kappa shape index (κ3) is 4.54. The number of anilines is 1. The van der Waals surface area contributed by atoms with Crippen LogP contribution in [0.15, 0.2) is 48.5 Å². The summed E-state index contributed by atoms with van der Waals surface area (Å²) in [6.07, 6.45) is 1.04. The van der Waals surface area contributed by atoms with Crippen molar-refractivity contribution in [2.75, 3.05) is 30.3 Å². The van der Waals surface area contributed by atoms with Crippen molar-refractivity contribution in [3.63, 3.8) is 0 Å². The summed E-state index contributed by atoms with van der Waals surface area (Å²) in [6.45, 7) is 4.23. The quantitative estimate of drug-likeness (QED) is 0.784. The Bertz CT molecular complexity index is 684. The highest BCUT2D eigenvalue weighted by atomic mass is 32.2. The number of hydrogen-bond donors (Lipinski definition) is 1. The van der Waals surface area contributed by atoms with E-state index in [4.69, 9.17) is 0 Å². The van der Waals surface area contributed by atoms with Gasteiger partial charge in [-0.1, -0.05) is 48.0 Å². The van der Waals surface area contributed by atoms with Crippen LogP contribution in [0.3, 0.4) is 0 Å². The van der Waals surface area contributed by atoms with Crippen LogP contribution in [0.2, 0.25) is 0 Å². The fraction of sp³-hybridized carbons (Fsp3) is 0.350. The summed E-state index contributed by atoms with van der Waals surface area (Å²) >= 11 is 1.86. The normalized spacial score (nSPS) is 13.0. The molecule has 1 N–H and O–H groups in total. The third-order valence-corrected chi connectivity index (χ3v) is 5.31. The Kier molecular flexibility index (Phi) is 5.81. The number of fused-ring (bicyclic) bond motifs is 1. The van der Waals surface area contributed by atoms with Crippen LogP contribution < -0.4 is 10.2 Å². The maximum absolute atomic E-state index is 12.1. The monoisotopic (exact) mass is 340 g/mol. The molecule has 0 aliphatic carbocycles. The third-order valence-electron chi connectivity index (χ3n) is 4.28. The van der Waals surface area contributed by atoms with E-state index < -0.39 is 0 Å². The molecule has 0 fully saturated rings. The number of benzene rings is 2. The summed E-state index contributed by atoms with van der Waals surface area (Å²) in [6, 6.07) is 17.0. The molecule has 0 aromatic heterocycles. The number of rotatable bonds is 7. The Balaban J connectivity index is 1.34. The van der Waals surface area contributed by atoms with Crippen molar-refractivity contribution in [2.24, 2.45) is 0 Å². The number of carbonyl (C=O) groups excluding carboxylic acids is 1. The zero-order valence-corrected chi connectivity index (χ0v) is 14.9. The van der Waals surface area contributed by atoms with E-state index in [2.05, 4.69) is 59.6 Å². The van der Waals surface area contributed by atoms with Gasteiger partial charge >= 0.3 is 0 Å². The van der Waals surface area contributed by atoms with Gasteiger partial charge in [0.05, 0.1) is 6.54 Å². The van der Waals surface area contributed by atoms with Gasteiger partial charge in [0.2, 0.25) is 5.91 Å². The van der Waals surface area contributed by atoms with E-state index >= 15 is 0 Å². The van der Waals surface area contributed by atoms with E-state index in [-0.39, 0.29) is 5.91 Å². The zero-order valence-electron chi connectivity index (χ0n) is 14.1. The molecule has 0 bridgehead atoms. The molecular weight excluding hydrogens is 316 g/mol. The van der Waals surface area contributed by atoms with Crippen molar-refractivity contribution in [3.05, 3.63) is 65.2 Å². The lowest BCUT2D eigenvalue weighted by molar-refractivity contribution is -0.119. The van der Waals surface area contributed by atoms with Gasteiger partial charge in [0, 0.05) is 30.3 Å². The summed E-state index contributed by atoms with van der Waals surface area (Å²) in [5.74, 6) is 2.05. The Morgan fingerprint density at radius 3 is 2.79 bits per heavy atom. The molecule has 0 unspecified atom stereocenters. The second-order valence-electron chi connectivity index (χ2n) is 6.19. The van der Waals surface area contributed by atoms with Crippen LogP contribution in [0.5, 0.6) is 0 Å². The number of carbonyl (C=O) groups is 1. The highest BCUT2D eigenvalue weighted by Crippen LogP contribution is 2.26. The van der Waals surface area contributed by atoms with Crippen molar-refractivity contribution in [2.45, 2.75) is 19.1 Å². The summed E-state index contributed by atoms with van der Waals surface area (Å²) in [5, 5.41) is 3.03. The Hall–Kier alpha value is -1.94. The molecule has 3 rings (SSSR count). The molecule has 2 aromatic rings. The molecule has 24 heavy (non-hydrogen) atoms. The van der Waals surface area contributed by atoms with Crippen molar-refractivity contribution < 1.29 is 4.79 Å². The topological polar surface area (TPSA) is 32.3 Å². The average Bonchev–Trinajstić information content (AvgIpc) is 2.99. The summed E-state index contributed by atoms with van der Waals surface area (Å²) in [7, 11) is 0. The van der Waals surface area contributed by atoms with Crippen LogP contribution in [0.4, 0.5) is 5.69 Å². The van der Waals surface area contributed by atoms with Crippen LogP contribution in [-0.2, 0) is 17.0 Å². The van der Waals surface area contributed by atoms with Gasteiger partial charge < -0.3 is 10.2 Å². The molecule has 3 nitrogen and oxygen atoms in total. The van der Waals surface area contributed by atoms with E-state index in [0.717, 1.165) is 31.0 Å². The molecule has 0 saturated carbocycles. The fourth-order valence-corrected chi connectivity index (χ4v) is 3.76. The van der Waals surface area contributed by atoms with E-state index in [1.54, 1.807) is 0 Å². The second kappa shape index (κ2) is 8.25. The lowest BCUT2D eigenvalue weighted by Crippen LogP contribution is -2.37. The first-order chi connectivity index (χ1) is 11.7. The summed E-state index contributed by atoms with van der Waals surface area (Å²) in [4.78, 5) is 14.3. The highest BCUT2D eigenvalue weighted by Gasteiger charge is 2.20. The fourth-order valence-electron chi connectivity index (χ4n) is 2.94. The van der Waals surface area contributed by atoms with Gasteiger partial charge in [-0.2, -0.15) is 11.8 Å². The van der Waals surface area contributed by atoms with Crippen molar-refractivity contribution in [1.29, 1.82) is 0 Å². The average molecular weight is 340 g/mol. The first kappa shape index (κ1) is 16.9. The van der Waals surface area contributed by atoms with Gasteiger partial charge in [-0.25, -0.2) is 0 Å². The van der Waals surface area contributed by atoms with Gasteiger partial charge in [-0.05, 0) is 30.5 Å². The summed E-state index contributed by atoms with van der Waals surface area (Å²) in [5.41, 5.74) is 5.19. The van der Waals surface area contributed by atoms with Gasteiger partial charge in [0.1, 0.15) is 0 Å². The minimum Gasteiger partial charge on any atom is -0.362 e. The SMILES string of the molecule is Cc1ccc(CSCCNC(=O)CN2CCc3ccccc32)cc1. The number of aryl methyl sites for hydroxylation is 1. The maximum atomic E-state index is 12.1. The number of thioether (sulfide) groups is 1. The van der Waals surface area contributed by atoms with Crippen LogP contribution >= 0.6 is 11.8 Å². The van der Waals surface area contributed by atoms with Crippen LogP contribution in [-0.4, -0.2) is 31.3 Å². The second-order valence-corrected chi connectivity index (χ2v) is 7.29. The number of nitrogens with one attached hydrogen (secondary N) is 1. The van der Waals surface area contributed by atoms with E-state index in [9.17, 15) is 4.79 Å². The van der Waals surface area contributed by atoms with Crippen LogP contribution in [0.25, 0.3) is 0 Å². The Morgan fingerprint density at radius 1 is 1.17 bits per heavy atom. The zero-order chi connectivity index (χ0) is 16.8. The largest absolute Gasteiger partial charge is 0.362 e. The predicted molar refractivity (Wildman–Crippen MR) is 103 cm³/mol. The molecule has 0 saturated heterocycles. The van der Waals surface area contributed by atoms with Crippen LogP contribution in [0, 0.1) is 6.92 Å². The van der Waals surface area contributed by atoms with E-state index in [1.165, 1.54) is 22.4 Å². The molecule has 1 amide bonds. The molecule has 126 valence electrons.